The molecule has 0 bridgehead atoms. The zero-order chi connectivity index (χ0) is 8.39. The molecule has 3 heteroatoms. The van der Waals surface area contributed by atoms with E-state index in [0.29, 0.717) is 0 Å². The van der Waals surface area contributed by atoms with Crippen molar-refractivity contribution in [2.75, 3.05) is 18.0 Å². The molecule has 1 heterocycles. The fourth-order valence-electron chi connectivity index (χ4n) is 1.68. The Balaban J connectivity index is 0.000000845. The minimum absolute atomic E-state index is 0. The van der Waals surface area contributed by atoms with Crippen molar-refractivity contribution in [3.05, 3.63) is 24.3 Å². The maximum absolute atomic E-state index is 2.46. The van der Waals surface area contributed by atoms with Gasteiger partial charge in [-0.25, -0.2) is 0 Å². The van der Waals surface area contributed by atoms with Crippen LogP contribution >= 0.6 is 0 Å². The normalized spacial score (nSPS) is 15.7. The van der Waals surface area contributed by atoms with E-state index in [1.165, 1.54) is 35.3 Å². The fraction of sp³-hybridized carbons (Fsp3) is 0.400. The van der Waals surface area contributed by atoms with E-state index in [9.17, 15) is 0 Å². The summed E-state index contributed by atoms with van der Waals surface area (Å²) in [5.41, 5.74) is 1.39. The van der Waals surface area contributed by atoms with Gasteiger partial charge in [0.25, 0.3) is 0 Å². The molecule has 0 spiro atoms. The van der Waals surface area contributed by atoms with E-state index in [2.05, 4.69) is 29.2 Å². The summed E-state index contributed by atoms with van der Waals surface area (Å²) >= 11 is 1.94. The Morgan fingerprint density at radius 3 is 2.08 bits per heavy atom. The van der Waals surface area contributed by atoms with Gasteiger partial charge in [-0.05, 0) is 0 Å². The van der Waals surface area contributed by atoms with Gasteiger partial charge in [-0.3, -0.25) is 0 Å². The Hall–Kier alpha value is 0.266. The van der Waals surface area contributed by atoms with Crippen molar-refractivity contribution in [3.63, 3.8) is 0 Å². The molecule has 1 aliphatic rings. The molecule has 1 nitrogen and oxygen atoms in total. The Kier molecular flexibility index (Phi) is 4.56. The first-order chi connectivity index (χ1) is 5.86. The summed E-state index contributed by atoms with van der Waals surface area (Å²) in [6.45, 7) is 2.48. The van der Waals surface area contributed by atoms with Crippen LogP contribution < -0.4 is 25.6 Å². The molecular weight excluding hydrogens is 238 g/mol. The SMILES string of the molecule is [Br-].[Mg+][c]1ccc(N2CCCC2)cc1. The summed E-state index contributed by atoms with van der Waals surface area (Å²) in [6, 6.07) is 8.86. The van der Waals surface area contributed by atoms with Crippen molar-refractivity contribution in [1.29, 1.82) is 0 Å². The zero-order valence-electron chi connectivity index (χ0n) is 7.67. The molecule has 1 aromatic carbocycles. The molecule has 0 aliphatic carbocycles. The van der Waals surface area contributed by atoms with E-state index >= 15 is 0 Å². The van der Waals surface area contributed by atoms with Crippen LogP contribution in [0.3, 0.4) is 0 Å². The van der Waals surface area contributed by atoms with Crippen molar-refractivity contribution in [3.8, 4) is 0 Å². The van der Waals surface area contributed by atoms with Crippen molar-refractivity contribution in [2.24, 2.45) is 0 Å². The summed E-state index contributed by atoms with van der Waals surface area (Å²) in [6.07, 6.45) is 2.71. The van der Waals surface area contributed by atoms with Gasteiger partial charge in [0.05, 0.1) is 0 Å². The Morgan fingerprint density at radius 2 is 1.54 bits per heavy atom. The van der Waals surface area contributed by atoms with E-state index in [4.69, 9.17) is 0 Å². The van der Waals surface area contributed by atoms with E-state index in [0.717, 1.165) is 0 Å². The molecule has 1 fully saturated rings. The predicted octanol–water partition coefficient (Wildman–Crippen LogP) is -1.92. The molecule has 0 aromatic heterocycles. The molecule has 0 unspecified atom stereocenters. The third kappa shape index (κ3) is 2.86. The molecule has 0 atom stereocenters. The molecule has 0 N–H and O–H groups in total. The van der Waals surface area contributed by atoms with E-state index in [1.54, 1.807) is 0 Å². The van der Waals surface area contributed by atoms with E-state index in [-0.39, 0.29) is 17.0 Å². The van der Waals surface area contributed by atoms with Crippen LogP contribution in [-0.2, 0) is 0 Å². The van der Waals surface area contributed by atoms with Crippen LogP contribution in [0.1, 0.15) is 12.8 Å². The molecular formula is C10H12BrMgN. The predicted molar refractivity (Wildman–Crippen MR) is 53.3 cm³/mol. The third-order valence-electron chi connectivity index (χ3n) is 2.41. The first kappa shape index (κ1) is 11.3. The summed E-state index contributed by atoms with van der Waals surface area (Å²) in [5.74, 6) is 0. The first-order valence-corrected chi connectivity index (χ1v) is 5.24. The van der Waals surface area contributed by atoms with Crippen LogP contribution in [0, 0.1) is 0 Å². The van der Waals surface area contributed by atoms with Gasteiger partial charge >= 0.3 is 86.2 Å². The van der Waals surface area contributed by atoms with Crippen molar-refractivity contribution < 1.29 is 17.0 Å². The van der Waals surface area contributed by atoms with Gasteiger partial charge in [0.2, 0.25) is 0 Å². The van der Waals surface area contributed by atoms with Gasteiger partial charge < -0.3 is 17.0 Å². The second kappa shape index (κ2) is 5.22. The van der Waals surface area contributed by atoms with Crippen molar-refractivity contribution in [2.45, 2.75) is 12.8 Å². The van der Waals surface area contributed by atoms with E-state index in [1.807, 2.05) is 21.7 Å². The van der Waals surface area contributed by atoms with Crippen molar-refractivity contribution in [1.82, 2.24) is 0 Å². The molecule has 0 radical (unpaired) electrons. The number of nitrogens with zero attached hydrogens (tertiary/aromatic N) is 1. The van der Waals surface area contributed by atoms with Gasteiger partial charge in [-0.15, -0.1) is 0 Å². The van der Waals surface area contributed by atoms with Crippen LogP contribution in [0.25, 0.3) is 0 Å². The second-order valence-corrected chi connectivity index (χ2v) is 4.18. The first-order valence-electron chi connectivity index (χ1n) is 4.53. The number of halogens is 1. The van der Waals surface area contributed by atoms with Crippen LogP contribution in [-0.4, -0.2) is 34.8 Å². The van der Waals surface area contributed by atoms with Gasteiger partial charge in [0.15, 0.2) is 0 Å². The minimum atomic E-state index is 0. The number of benzene rings is 1. The third-order valence-corrected chi connectivity index (χ3v) is 2.88. The number of hydrogen-bond acceptors (Lipinski definition) is 1. The number of rotatable bonds is 1. The second-order valence-electron chi connectivity index (χ2n) is 3.36. The molecule has 1 aliphatic heterocycles. The van der Waals surface area contributed by atoms with Crippen LogP contribution in [0.2, 0.25) is 0 Å². The molecule has 0 saturated carbocycles. The summed E-state index contributed by atoms with van der Waals surface area (Å²) in [5, 5.41) is 0. The zero-order valence-corrected chi connectivity index (χ0v) is 10.7. The van der Waals surface area contributed by atoms with E-state index < -0.39 is 0 Å². The molecule has 1 aromatic rings. The standard InChI is InChI=1S/C10H12N.BrH.Mg/c1-2-6-10(7-3-1)11-8-4-5-9-11;;/h2-3,6-7H,4-5,8-9H2;1H;/q;;+1/p-1. The monoisotopic (exact) mass is 249 g/mol. The fourth-order valence-corrected chi connectivity index (χ4v) is 1.92. The van der Waals surface area contributed by atoms with Crippen molar-refractivity contribution >= 4 is 31.1 Å². The quantitative estimate of drug-likeness (QED) is 0.526. The Labute approximate surface area is 103 Å². The molecule has 0 amide bonds. The van der Waals surface area contributed by atoms with Crippen LogP contribution in [0.4, 0.5) is 5.69 Å². The Morgan fingerprint density at radius 1 is 1.00 bits per heavy atom. The Bertz CT molecular complexity index is 254. The van der Waals surface area contributed by atoms with Gasteiger partial charge in [0.1, 0.15) is 0 Å². The molecule has 66 valence electrons. The summed E-state index contributed by atoms with van der Waals surface area (Å²) in [4.78, 5) is 2.46. The maximum atomic E-state index is 2.46. The van der Waals surface area contributed by atoms with Crippen LogP contribution in [0.15, 0.2) is 24.3 Å². The molecule has 1 saturated heterocycles. The molecule has 13 heavy (non-hydrogen) atoms. The van der Waals surface area contributed by atoms with Gasteiger partial charge in [-0.2, -0.15) is 0 Å². The number of anilines is 1. The summed E-state index contributed by atoms with van der Waals surface area (Å²) < 4.78 is 1.37. The topological polar surface area (TPSA) is 3.24 Å². The van der Waals surface area contributed by atoms with Gasteiger partial charge in [0, 0.05) is 0 Å². The average Bonchev–Trinajstić information content (AvgIpc) is 2.58. The summed E-state index contributed by atoms with van der Waals surface area (Å²) in [7, 11) is 0. The van der Waals surface area contributed by atoms with Crippen LogP contribution in [0.5, 0.6) is 0 Å². The number of hydrogen-bond donors (Lipinski definition) is 0. The van der Waals surface area contributed by atoms with Gasteiger partial charge in [-0.1, -0.05) is 0 Å². The average molecular weight is 250 g/mol. The molecule has 2 rings (SSSR count).